The Morgan fingerprint density at radius 3 is 1.73 bits per heavy atom. The van der Waals surface area contributed by atoms with Crippen molar-refractivity contribution >= 4 is 6.29 Å². The maximum Gasteiger partial charge on any atom is 0.271 e. The Morgan fingerprint density at radius 2 is 1.27 bits per heavy atom. The molecule has 4 heteroatoms. The van der Waals surface area contributed by atoms with E-state index in [1.807, 2.05) is 13.2 Å². The summed E-state index contributed by atoms with van der Waals surface area (Å²) in [6.45, 7) is 2.73. The minimum atomic E-state index is -0.505. The van der Waals surface area contributed by atoms with Crippen LogP contribution in [0.25, 0.3) is 0 Å². The molecule has 0 heterocycles. The van der Waals surface area contributed by atoms with Crippen LogP contribution in [-0.4, -0.2) is 33.1 Å². The lowest BCUT2D eigenvalue weighted by atomic mass is 10.1. The van der Waals surface area contributed by atoms with Crippen molar-refractivity contribution in [1.29, 1.82) is 0 Å². The van der Waals surface area contributed by atoms with Crippen molar-refractivity contribution in [2.75, 3.05) is 20.3 Å². The zero-order valence-corrected chi connectivity index (χ0v) is 14.6. The highest BCUT2D eigenvalue weighted by Crippen LogP contribution is 2.12. The first-order chi connectivity index (χ1) is 10.8. The fraction of sp³-hybridized carbons (Fsp3) is 0.944. The van der Waals surface area contributed by atoms with E-state index >= 15 is 0 Å². The number of hydrogen-bond acceptors (Lipinski definition) is 4. The lowest BCUT2D eigenvalue weighted by Crippen LogP contribution is -2.19. The van der Waals surface area contributed by atoms with Crippen molar-refractivity contribution in [3.05, 3.63) is 0 Å². The number of rotatable bonds is 18. The summed E-state index contributed by atoms with van der Waals surface area (Å²) in [5.74, 6) is 0. The van der Waals surface area contributed by atoms with Crippen LogP contribution in [0.5, 0.6) is 0 Å². The van der Waals surface area contributed by atoms with Gasteiger partial charge in [-0.05, 0) is 19.8 Å². The molecule has 0 spiro atoms. The first-order valence-electron chi connectivity index (χ1n) is 8.96. The van der Waals surface area contributed by atoms with Crippen LogP contribution in [0.2, 0.25) is 0 Å². The Balaban J connectivity index is 3.09. The standard InChI is InChI=1S/C18H35O4/c1-3-21-18(20-2)22-17-15-13-11-9-7-5-4-6-8-10-12-14-16-19/h18H,3-15,17H2,1-2H3. The lowest BCUT2D eigenvalue weighted by Gasteiger charge is -2.15. The van der Waals surface area contributed by atoms with E-state index in [0.717, 1.165) is 12.8 Å². The molecular weight excluding hydrogens is 280 g/mol. The number of unbranched alkanes of at least 4 members (excludes halogenated alkanes) is 11. The molecule has 0 rings (SSSR count). The van der Waals surface area contributed by atoms with E-state index in [4.69, 9.17) is 14.2 Å². The van der Waals surface area contributed by atoms with Crippen LogP contribution in [0.3, 0.4) is 0 Å². The van der Waals surface area contributed by atoms with Crippen molar-refractivity contribution in [1.82, 2.24) is 0 Å². The van der Waals surface area contributed by atoms with Crippen LogP contribution < -0.4 is 0 Å². The molecule has 0 aliphatic rings. The molecule has 0 bridgehead atoms. The van der Waals surface area contributed by atoms with Gasteiger partial charge in [-0.2, -0.15) is 0 Å². The predicted molar refractivity (Wildman–Crippen MR) is 89.5 cm³/mol. The molecule has 0 aliphatic heterocycles. The second kappa shape index (κ2) is 18.6. The van der Waals surface area contributed by atoms with E-state index in [9.17, 15) is 4.79 Å². The molecule has 4 nitrogen and oxygen atoms in total. The van der Waals surface area contributed by atoms with Crippen LogP contribution in [0, 0.1) is 0 Å². The summed E-state index contributed by atoms with van der Waals surface area (Å²) in [7, 11) is 1.60. The highest BCUT2D eigenvalue weighted by Gasteiger charge is 2.05. The van der Waals surface area contributed by atoms with E-state index in [1.165, 1.54) is 57.8 Å². The van der Waals surface area contributed by atoms with Gasteiger partial charge in [-0.3, -0.25) is 4.79 Å². The zero-order valence-electron chi connectivity index (χ0n) is 14.6. The van der Waals surface area contributed by atoms with Crippen LogP contribution in [0.1, 0.15) is 84.0 Å². The average molecular weight is 315 g/mol. The molecule has 1 unspecified atom stereocenters. The summed E-state index contributed by atoms with van der Waals surface area (Å²) >= 11 is 0. The van der Waals surface area contributed by atoms with Crippen LogP contribution >= 0.6 is 0 Å². The monoisotopic (exact) mass is 315 g/mol. The molecule has 1 radical (unpaired) electrons. The molecule has 0 saturated heterocycles. The van der Waals surface area contributed by atoms with Gasteiger partial charge in [-0.1, -0.05) is 57.8 Å². The van der Waals surface area contributed by atoms with Crippen molar-refractivity contribution in [3.8, 4) is 0 Å². The van der Waals surface area contributed by atoms with Crippen molar-refractivity contribution in [2.24, 2.45) is 0 Å². The third kappa shape index (κ3) is 15.9. The van der Waals surface area contributed by atoms with Crippen LogP contribution in [-0.2, 0) is 19.0 Å². The molecule has 131 valence electrons. The highest BCUT2D eigenvalue weighted by atomic mass is 16.8. The smallest absolute Gasteiger partial charge is 0.271 e. The number of methoxy groups -OCH3 is 1. The molecule has 0 aliphatic carbocycles. The van der Waals surface area contributed by atoms with Gasteiger partial charge in [0, 0.05) is 20.1 Å². The molecule has 1 atom stereocenters. The number of ether oxygens (including phenoxy) is 3. The molecule has 0 aromatic rings. The van der Waals surface area contributed by atoms with Gasteiger partial charge in [0.15, 0.2) is 6.29 Å². The first kappa shape index (κ1) is 21.6. The van der Waals surface area contributed by atoms with Crippen molar-refractivity contribution in [2.45, 2.75) is 90.4 Å². The van der Waals surface area contributed by atoms with E-state index in [2.05, 4.69) is 0 Å². The number of carbonyl (C=O) groups excluding carboxylic acids is 1. The molecule has 0 N–H and O–H groups in total. The minimum absolute atomic E-state index is 0.505. The average Bonchev–Trinajstić information content (AvgIpc) is 2.54. The van der Waals surface area contributed by atoms with Gasteiger partial charge in [0.2, 0.25) is 0 Å². The first-order valence-corrected chi connectivity index (χ1v) is 8.96. The highest BCUT2D eigenvalue weighted by molar-refractivity contribution is 5.50. The largest absolute Gasteiger partial charge is 0.333 e. The fourth-order valence-corrected chi connectivity index (χ4v) is 2.39. The fourth-order valence-electron chi connectivity index (χ4n) is 2.39. The van der Waals surface area contributed by atoms with Crippen molar-refractivity contribution in [3.63, 3.8) is 0 Å². The summed E-state index contributed by atoms with van der Waals surface area (Å²) in [5, 5.41) is 0. The SMILES string of the molecule is CCOC(OC)OCCCCCCCCCCCCC[C]=O. The number of hydrogen-bond donors (Lipinski definition) is 0. The van der Waals surface area contributed by atoms with Gasteiger partial charge >= 0.3 is 0 Å². The second-order valence-electron chi connectivity index (χ2n) is 5.63. The minimum Gasteiger partial charge on any atom is -0.333 e. The van der Waals surface area contributed by atoms with Gasteiger partial charge in [0.25, 0.3) is 6.48 Å². The molecule has 0 amide bonds. The van der Waals surface area contributed by atoms with Gasteiger partial charge in [0.05, 0.1) is 6.61 Å². The van der Waals surface area contributed by atoms with Gasteiger partial charge in [0.1, 0.15) is 0 Å². The van der Waals surface area contributed by atoms with Crippen molar-refractivity contribution < 1.29 is 19.0 Å². The normalized spacial score (nSPS) is 12.5. The van der Waals surface area contributed by atoms with E-state index in [-0.39, 0.29) is 0 Å². The molecule has 0 fully saturated rings. The molecule has 22 heavy (non-hydrogen) atoms. The second-order valence-corrected chi connectivity index (χ2v) is 5.63. The summed E-state index contributed by atoms with van der Waals surface area (Å²) < 4.78 is 15.7. The Hall–Kier alpha value is -0.450. The summed E-state index contributed by atoms with van der Waals surface area (Å²) in [6.07, 6.45) is 16.2. The Labute approximate surface area is 136 Å². The topological polar surface area (TPSA) is 44.8 Å². The summed E-state index contributed by atoms with van der Waals surface area (Å²) in [5.41, 5.74) is 0. The van der Waals surface area contributed by atoms with E-state index in [0.29, 0.717) is 19.6 Å². The molecule has 0 aromatic heterocycles. The summed E-state index contributed by atoms with van der Waals surface area (Å²) in [4.78, 5) is 10.0. The van der Waals surface area contributed by atoms with Gasteiger partial charge in [-0.25, -0.2) is 0 Å². The predicted octanol–water partition coefficient (Wildman–Crippen LogP) is 4.76. The van der Waals surface area contributed by atoms with Gasteiger partial charge < -0.3 is 14.2 Å². The third-order valence-electron chi connectivity index (χ3n) is 3.67. The van der Waals surface area contributed by atoms with E-state index in [1.54, 1.807) is 7.11 Å². The molecule has 0 aromatic carbocycles. The zero-order chi connectivity index (χ0) is 16.3. The lowest BCUT2D eigenvalue weighted by molar-refractivity contribution is -0.275. The van der Waals surface area contributed by atoms with Crippen LogP contribution in [0.15, 0.2) is 0 Å². The molecular formula is C18H35O4. The maximum atomic E-state index is 10.0. The summed E-state index contributed by atoms with van der Waals surface area (Å²) in [6, 6.07) is 0. The van der Waals surface area contributed by atoms with Gasteiger partial charge in [-0.15, -0.1) is 0 Å². The van der Waals surface area contributed by atoms with Crippen LogP contribution in [0.4, 0.5) is 0 Å². The Kier molecular flexibility index (Phi) is 18.2. The Bertz CT molecular complexity index is 221. The third-order valence-corrected chi connectivity index (χ3v) is 3.67. The molecule has 0 saturated carbocycles. The van der Waals surface area contributed by atoms with E-state index < -0.39 is 6.48 Å². The maximum absolute atomic E-state index is 10.0. The Morgan fingerprint density at radius 1 is 0.773 bits per heavy atom. The quantitative estimate of drug-likeness (QED) is 0.270.